The molecule has 1 aromatic rings. The molecule has 94 valence electrons. The molecule has 2 rings (SSSR count). The summed E-state index contributed by atoms with van der Waals surface area (Å²) in [6.45, 7) is 3.45. The van der Waals surface area contributed by atoms with Gasteiger partial charge >= 0.3 is 0 Å². The molecule has 0 aromatic heterocycles. The molecule has 0 radical (unpaired) electrons. The highest BCUT2D eigenvalue weighted by molar-refractivity contribution is 6.31. The number of nitrogens with one attached hydrogen (secondary N) is 1. The maximum atomic E-state index is 13.7. The molecule has 0 spiro atoms. The van der Waals surface area contributed by atoms with E-state index in [1.165, 1.54) is 12.5 Å². The van der Waals surface area contributed by atoms with E-state index < -0.39 is 0 Å². The minimum atomic E-state index is -0.288. The zero-order chi connectivity index (χ0) is 12.4. The molecule has 0 aliphatic heterocycles. The van der Waals surface area contributed by atoms with Crippen molar-refractivity contribution in [2.24, 2.45) is 17.6 Å². The average Bonchev–Trinajstić information content (AvgIpc) is 2.99. The van der Waals surface area contributed by atoms with Crippen LogP contribution in [0.1, 0.15) is 24.9 Å². The van der Waals surface area contributed by atoms with Crippen LogP contribution in [0.2, 0.25) is 5.02 Å². The molecule has 0 amide bonds. The second kappa shape index (κ2) is 5.34. The molecule has 3 unspecified atom stereocenters. The lowest BCUT2D eigenvalue weighted by Crippen LogP contribution is -2.31. The molecule has 1 saturated carbocycles. The Morgan fingerprint density at radius 3 is 2.82 bits per heavy atom. The molecule has 2 nitrogen and oxygen atoms in total. The van der Waals surface area contributed by atoms with Gasteiger partial charge in [0.2, 0.25) is 0 Å². The Morgan fingerprint density at radius 1 is 1.59 bits per heavy atom. The predicted molar refractivity (Wildman–Crippen MR) is 68.5 cm³/mol. The van der Waals surface area contributed by atoms with Gasteiger partial charge in [-0.05, 0) is 36.9 Å². The van der Waals surface area contributed by atoms with Crippen LogP contribution in [-0.2, 0) is 0 Å². The van der Waals surface area contributed by atoms with Gasteiger partial charge in [0, 0.05) is 23.2 Å². The Kier molecular flexibility index (Phi) is 4.02. The van der Waals surface area contributed by atoms with E-state index in [1.54, 1.807) is 12.1 Å². The van der Waals surface area contributed by atoms with Crippen LogP contribution in [0.25, 0.3) is 0 Å². The van der Waals surface area contributed by atoms with Gasteiger partial charge in [-0.2, -0.15) is 0 Å². The molecule has 1 aromatic carbocycles. The van der Waals surface area contributed by atoms with Crippen LogP contribution in [0.5, 0.6) is 0 Å². The number of rotatable bonds is 5. The summed E-state index contributed by atoms with van der Waals surface area (Å²) >= 11 is 6.03. The van der Waals surface area contributed by atoms with E-state index in [0.29, 0.717) is 23.0 Å². The van der Waals surface area contributed by atoms with Gasteiger partial charge in [0.15, 0.2) is 0 Å². The van der Waals surface area contributed by atoms with Crippen LogP contribution in [0, 0.1) is 17.7 Å². The van der Waals surface area contributed by atoms with E-state index in [2.05, 4.69) is 12.2 Å². The number of hydrogen-bond acceptors (Lipinski definition) is 2. The Labute approximate surface area is 106 Å². The molecular formula is C13H18ClFN2. The van der Waals surface area contributed by atoms with Crippen molar-refractivity contribution in [3.8, 4) is 0 Å². The summed E-state index contributed by atoms with van der Waals surface area (Å²) in [5.41, 5.74) is 6.19. The standard InChI is InChI=1S/C13H18ClFN2/c1-8-5-9(8)7-17-12(6-16)13-10(14)3-2-4-11(13)15/h2-4,8-9,12,17H,5-7,16H2,1H3. The highest BCUT2D eigenvalue weighted by Crippen LogP contribution is 2.37. The highest BCUT2D eigenvalue weighted by Gasteiger charge is 2.32. The largest absolute Gasteiger partial charge is 0.329 e. The zero-order valence-corrected chi connectivity index (χ0v) is 10.7. The fourth-order valence-electron chi connectivity index (χ4n) is 2.12. The first-order chi connectivity index (χ1) is 8.13. The van der Waals surface area contributed by atoms with Crippen LogP contribution in [0.15, 0.2) is 18.2 Å². The van der Waals surface area contributed by atoms with E-state index in [0.717, 1.165) is 12.5 Å². The second-order valence-corrected chi connectivity index (χ2v) is 5.21. The van der Waals surface area contributed by atoms with Crippen molar-refractivity contribution in [2.45, 2.75) is 19.4 Å². The Balaban J connectivity index is 2.06. The summed E-state index contributed by atoms with van der Waals surface area (Å²) in [4.78, 5) is 0. The molecule has 3 atom stereocenters. The summed E-state index contributed by atoms with van der Waals surface area (Å²) in [7, 11) is 0. The normalized spacial score (nSPS) is 24.7. The quantitative estimate of drug-likeness (QED) is 0.850. The first kappa shape index (κ1) is 12.8. The van der Waals surface area contributed by atoms with Crippen LogP contribution in [0.3, 0.4) is 0 Å². The van der Waals surface area contributed by atoms with E-state index in [9.17, 15) is 4.39 Å². The minimum absolute atomic E-state index is 0.198. The van der Waals surface area contributed by atoms with Crippen molar-refractivity contribution in [1.82, 2.24) is 5.32 Å². The van der Waals surface area contributed by atoms with Crippen LogP contribution >= 0.6 is 11.6 Å². The molecule has 17 heavy (non-hydrogen) atoms. The van der Waals surface area contributed by atoms with Crippen molar-refractivity contribution < 1.29 is 4.39 Å². The van der Waals surface area contributed by atoms with E-state index in [4.69, 9.17) is 17.3 Å². The molecule has 0 bridgehead atoms. The Morgan fingerprint density at radius 2 is 2.29 bits per heavy atom. The topological polar surface area (TPSA) is 38.0 Å². The summed E-state index contributed by atoms with van der Waals surface area (Å²) in [5.74, 6) is 1.19. The van der Waals surface area contributed by atoms with Gasteiger partial charge in [-0.25, -0.2) is 4.39 Å². The van der Waals surface area contributed by atoms with Gasteiger partial charge < -0.3 is 11.1 Å². The summed E-state index contributed by atoms with van der Waals surface area (Å²) in [6.07, 6.45) is 1.25. The molecule has 3 N–H and O–H groups in total. The molecule has 1 fully saturated rings. The summed E-state index contributed by atoms with van der Waals surface area (Å²) in [6, 6.07) is 4.53. The molecule has 4 heteroatoms. The third-order valence-corrected chi connectivity index (χ3v) is 3.82. The number of hydrogen-bond donors (Lipinski definition) is 2. The molecular weight excluding hydrogens is 239 g/mol. The third-order valence-electron chi connectivity index (χ3n) is 3.49. The van der Waals surface area contributed by atoms with E-state index in [-0.39, 0.29) is 11.9 Å². The van der Waals surface area contributed by atoms with Crippen LogP contribution < -0.4 is 11.1 Å². The lowest BCUT2D eigenvalue weighted by molar-refractivity contribution is 0.487. The molecule has 1 aliphatic carbocycles. The highest BCUT2D eigenvalue weighted by atomic mass is 35.5. The monoisotopic (exact) mass is 256 g/mol. The predicted octanol–water partition coefficient (Wildman–Crippen LogP) is 2.72. The van der Waals surface area contributed by atoms with Gasteiger partial charge in [-0.3, -0.25) is 0 Å². The second-order valence-electron chi connectivity index (χ2n) is 4.80. The van der Waals surface area contributed by atoms with Crippen molar-refractivity contribution in [3.63, 3.8) is 0 Å². The van der Waals surface area contributed by atoms with E-state index in [1.807, 2.05) is 0 Å². The molecule has 1 aliphatic rings. The maximum Gasteiger partial charge on any atom is 0.129 e. The van der Waals surface area contributed by atoms with E-state index >= 15 is 0 Å². The number of halogens is 2. The lowest BCUT2D eigenvalue weighted by Gasteiger charge is -2.19. The first-order valence-electron chi connectivity index (χ1n) is 6.00. The van der Waals surface area contributed by atoms with Crippen molar-refractivity contribution in [1.29, 1.82) is 0 Å². The van der Waals surface area contributed by atoms with Crippen molar-refractivity contribution in [2.75, 3.05) is 13.1 Å². The molecule has 0 saturated heterocycles. The van der Waals surface area contributed by atoms with Crippen molar-refractivity contribution >= 4 is 11.6 Å². The van der Waals surface area contributed by atoms with Crippen LogP contribution in [-0.4, -0.2) is 13.1 Å². The fraction of sp³-hybridized carbons (Fsp3) is 0.538. The summed E-state index contributed by atoms with van der Waals surface area (Å²) < 4.78 is 13.7. The lowest BCUT2D eigenvalue weighted by atomic mass is 10.1. The van der Waals surface area contributed by atoms with Crippen LogP contribution in [0.4, 0.5) is 4.39 Å². The zero-order valence-electron chi connectivity index (χ0n) is 9.92. The SMILES string of the molecule is CC1CC1CNC(CN)c1c(F)cccc1Cl. The van der Waals surface area contributed by atoms with Gasteiger partial charge in [0.1, 0.15) is 5.82 Å². The van der Waals surface area contributed by atoms with Gasteiger partial charge in [-0.15, -0.1) is 0 Å². The number of nitrogens with two attached hydrogens (primary N) is 1. The van der Waals surface area contributed by atoms with Gasteiger partial charge in [0.25, 0.3) is 0 Å². The summed E-state index contributed by atoms with van der Waals surface area (Å²) in [5, 5.41) is 3.75. The minimum Gasteiger partial charge on any atom is -0.329 e. The first-order valence-corrected chi connectivity index (χ1v) is 6.38. The van der Waals surface area contributed by atoms with Crippen molar-refractivity contribution in [3.05, 3.63) is 34.6 Å². The Hall–Kier alpha value is -0.640. The fourth-order valence-corrected chi connectivity index (χ4v) is 2.42. The third kappa shape index (κ3) is 2.97. The average molecular weight is 257 g/mol. The number of benzene rings is 1. The van der Waals surface area contributed by atoms with Gasteiger partial charge in [0.05, 0.1) is 0 Å². The molecule has 0 heterocycles. The van der Waals surface area contributed by atoms with Gasteiger partial charge in [-0.1, -0.05) is 24.6 Å². The smallest absolute Gasteiger partial charge is 0.129 e. The Bertz CT molecular complexity index is 377. The maximum absolute atomic E-state index is 13.7.